The lowest BCUT2D eigenvalue weighted by atomic mass is 10.1. The van der Waals surface area contributed by atoms with E-state index in [4.69, 9.17) is 0 Å². The Morgan fingerprint density at radius 1 is 1.53 bits per heavy atom. The Hall–Kier alpha value is -0.910. The third kappa shape index (κ3) is 4.85. The Kier molecular flexibility index (Phi) is 5.61. The highest BCUT2D eigenvalue weighted by Gasteiger charge is 2.09. The monoisotopic (exact) mass is 300 g/mol. The fraction of sp³-hybridized carbons (Fsp3) is 0.417. The lowest BCUT2D eigenvalue weighted by molar-refractivity contribution is -0.127. The summed E-state index contributed by atoms with van der Waals surface area (Å²) in [4.78, 5) is 12.8. The van der Waals surface area contributed by atoms with Gasteiger partial charge in [0.2, 0.25) is 5.91 Å². The van der Waals surface area contributed by atoms with Gasteiger partial charge in [-0.05, 0) is 17.7 Å². The zero-order chi connectivity index (χ0) is 12.8. The van der Waals surface area contributed by atoms with Gasteiger partial charge in [0.05, 0.1) is 12.6 Å². The van der Waals surface area contributed by atoms with Crippen molar-refractivity contribution in [1.82, 2.24) is 10.2 Å². The van der Waals surface area contributed by atoms with Gasteiger partial charge in [-0.25, -0.2) is 0 Å². The standard InChI is InChI=1S/C12H17BrN2O2/c1-15(2)12(17)8-14-7-11(16)9-4-3-5-10(13)6-9/h3-6,11,14,16H,7-8H2,1-2H3. The fourth-order valence-corrected chi connectivity index (χ4v) is 1.72. The number of benzene rings is 1. The minimum absolute atomic E-state index is 0.00792. The predicted octanol–water partition coefficient (Wildman–Crippen LogP) is 1.16. The molecule has 0 aliphatic carbocycles. The smallest absolute Gasteiger partial charge is 0.236 e. The van der Waals surface area contributed by atoms with Crippen LogP contribution in [-0.4, -0.2) is 43.1 Å². The van der Waals surface area contributed by atoms with Gasteiger partial charge in [0.25, 0.3) is 0 Å². The Balaban J connectivity index is 2.40. The van der Waals surface area contributed by atoms with Crippen molar-refractivity contribution in [1.29, 1.82) is 0 Å². The molecule has 2 N–H and O–H groups in total. The van der Waals surface area contributed by atoms with E-state index in [9.17, 15) is 9.90 Å². The van der Waals surface area contributed by atoms with Crippen molar-refractivity contribution in [3.05, 3.63) is 34.3 Å². The Labute approximate surface area is 110 Å². The maximum Gasteiger partial charge on any atom is 0.236 e. The van der Waals surface area contributed by atoms with Crippen molar-refractivity contribution in [2.75, 3.05) is 27.2 Å². The molecule has 0 fully saturated rings. The summed E-state index contributed by atoms with van der Waals surface area (Å²) < 4.78 is 0.929. The van der Waals surface area contributed by atoms with Crippen LogP contribution in [0.2, 0.25) is 0 Å². The molecular weight excluding hydrogens is 284 g/mol. The summed E-state index contributed by atoms with van der Waals surface area (Å²) in [6.45, 7) is 0.591. The lowest BCUT2D eigenvalue weighted by Crippen LogP contribution is -2.34. The second-order valence-corrected chi connectivity index (χ2v) is 4.91. The van der Waals surface area contributed by atoms with Crippen molar-refractivity contribution < 1.29 is 9.90 Å². The molecule has 1 amide bonds. The van der Waals surface area contributed by atoms with E-state index in [1.165, 1.54) is 4.90 Å². The molecule has 1 rings (SSSR count). The quantitative estimate of drug-likeness (QED) is 0.858. The summed E-state index contributed by atoms with van der Waals surface area (Å²) in [6, 6.07) is 7.48. The molecule has 0 aromatic heterocycles. The first-order chi connectivity index (χ1) is 8.00. The summed E-state index contributed by atoms with van der Waals surface area (Å²) in [5.74, 6) is -0.00792. The minimum atomic E-state index is -0.609. The van der Waals surface area contributed by atoms with Gasteiger partial charge in [-0.2, -0.15) is 0 Å². The maximum atomic E-state index is 11.3. The molecule has 1 aromatic carbocycles. The van der Waals surface area contributed by atoms with Gasteiger partial charge >= 0.3 is 0 Å². The molecule has 0 radical (unpaired) electrons. The van der Waals surface area contributed by atoms with Gasteiger partial charge < -0.3 is 15.3 Å². The van der Waals surface area contributed by atoms with Gasteiger partial charge in [0.1, 0.15) is 0 Å². The van der Waals surface area contributed by atoms with E-state index in [1.807, 2.05) is 24.3 Å². The molecule has 0 saturated carbocycles. The number of hydrogen-bond acceptors (Lipinski definition) is 3. The van der Waals surface area contributed by atoms with Gasteiger partial charge in [-0.15, -0.1) is 0 Å². The zero-order valence-corrected chi connectivity index (χ0v) is 11.6. The third-order valence-electron chi connectivity index (χ3n) is 2.35. The van der Waals surface area contributed by atoms with Crippen LogP contribution in [0.5, 0.6) is 0 Å². The van der Waals surface area contributed by atoms with Crippen molar-refractivity contribution in [3.8, 4) is 0 Å². The van der Waals surface area contributed by atoms with Crippen LogP contribution < -0.4 is 5.32 Å². The summed E-state index contributed by atoms with van der Waals surface area (Å²) in [5.41, 5.74) is 0.823. The van der Waals surface area contributed by atoms with Crippen LogP contribution in [0.1, 0.15) is 11.7 Å². The molecule has 0 aliphatic heterocycles. The number of aliphatic hydroxyl groups is 1. The molecular formula is C12H17BrN2O2. The van der Waals surface area contributed by atoms with E-state index in [0.29, 0.717) is 6.54 Å². The van der Waals surface area contributed by atoms with E-state index in [2.05, 4.69) is 21.2 Å². The molecule has 0 bridgehead atoms. The molecule has 17 heavy (non-hydrogen) atoms. The van der Waals surface area contributed by atoms with Gasteiger partial charge in [-0.1, -0.05) is 28.1 Å². The molecule has 0 spiro atoms. The van der Waals surface area contributed by atoms with Crippen molar-refractivity contribution >= 4 is 21.8 Å². The molecule has 4 nitrogen and oxygen atoms in total. The SMILES string of the molecule is CN(C)C(=O)CNCC(O)c1cccc(Br)c1. The number of rotatable bonds is 5. The number of carbonyl (C=O) groups excluding carboxylic acids is 1. The van der Waals surface area contributed by atoms with E-state index in [0.717, 1.165) is 10.0 Å². The summed E-state index contributed by atoms with van der Waals surface area (Å²) in [5, 5.41) is 12.8. The van der Waals surface area contributed by atoms with Crippen LogP contribution >= 0.6 is 15.9 Å². The van der Waals surface area contributed by atoms with E-state index < -0.39 is 6.10 Å². The van der Waals surface area contributed by atoms with E-state index >= 15 is 0 Å². The minimum Gasteiger partial charge on any atom is -0.387 e. The number of nitrogens with one attached hydrogen (secondary N) is 1. The fourth-order valence-electron chi connectivity index (χ4n) is 1.31. The second kappa shape index (κ2) is 6.74. The van der Waals surface area contributed by atoms with Crippen molar-refractivity contribution in [3.63, 3.8) is 0 Å². The number of carbonyl (C=O) groups is 1. The number of likely N-dealkylation sites (N-methyl/N-ethyl adjacent to an activating group) is 1. The number of halogens is 1. The topological polar surface area (TPSA) is 52.6 Å². The molecule has 1 atom stereocenters. The van der Waals surface area contributed by atoms with Crippen LogP contribution in [0.25, 0.3) is 0 Å². The first-order valence-electron chi connectivity index (χ1n) is 5.35. The van der Waals surface area contributed by atoms with Gasteiger partial charge in [0, 0.05) is 25.1 Å². The number of nitrogens with zero attached hydrogens (tertiary/aromatic N) is 1. The van der Waals surface area contributed by atoms with Crippen LogP contribution in [0, 0.1) is 0 Å². The van der Waals surface area contributed by atoms with Crippen molar-refractivity contribution in [2.45, 2.75) is 6.10 Å². The van der Waals surface area contributed by atoms with Crippen molar-refractivity contribution in [2.24, 2.45) is 0 Å². The van der Waals surface area contributed by atoms with E-state index in [-0.39, 0.29) is 12.5 Å². The molecule has 1 unspecified atom stereocenters. The highest BCUT2D eigenvalue weighted by molar-refractivity contribution is 9.10. The summed E-state index contributed by atoms with van der Waals surface area (Å²) in [7, 11) is 3.41. The Morgan fingerprint density at radius 2 is 2.24 bits per heavy atom. The second-order valence-electron chi connectivity index (χ2n) is 3.99. The van der Waals surface area contributed by atoms with Gasteiger partial charge in [-0.3, -0.25) is 4.79 Å². The third-order valence-corrected chi connectivity index (χ3v) is 2.84. The number of amides is 1. The average molecular weight is 301 g/mol. The first kappa shape index (κ1) is 14.2. The lowest BCUT2D eigenvalue weighted by Gasteiger charge is -2.14. The highest BCUT2D eigenvalue weighted by atomic mass is 79.9. The molecule has 1 aromatic rings. The van der Waals surface area contributed by atoms with Crippen LogP contribution in [0.4, 0.5) is 0 Å². The van der Waals surface area contributed by atoms with Crippen LogP contribution in [0.15, 0.2) is 28.7 Å². The number of hydrogen-bond donors (Lipinski definition) is 2. The van der Waals surface area contributed by atoms with E-state index in [1.54, 1.807) is 14.1 Å². The maximum absolute atomic E-state index is 11.3. The largest absolute Gasteiger partial charge is 0.387 e. The Morgan fingerprint density at radius 3 is 2.82 bits per heavy atom. The summed E-state index contributed by atoms with van der Waals surface area (Å²) >= 11 is 3.35. The summed E-state index contributed by atoms with van der Waals surface area (Å²) in [6.07, 6.45) is -0.609. The normalized spacial score (nSPS) is 12.2. The predicted molar refractivity (Wildman–Crippen MR) is 70.7 cm³/mol. The Bertz CT molecular complexity index is 383. The first-order valence-corrected chi connectivity index (χ1v) is 6.14. The van der Waals surface area contributed by atoms with Crippen LogP contribution in [-0.2, 0) is 4.79 Å². The zero-order valence-electron chi connectivity index (χ0n) is 9.98. The molecule has 0 heterocycles. The average Bonchev–Trinajstić information content (AvgIpc) is 2.28. The van der Waals surface area contributed by atoms with Crippen LogP contribution in [0.3, 0.4) is 0 Å². The molecule has 94 valence electrons. The van der Waals surface area contributed by atoms with Gasteiger partial charge in [0.15, 0.2) is 0 Å². The highest BCUT2D eigenvalue weighted by Crippen LogP contribution is 2.17. The molecule has 0 saturated heterocycles. The molecule has 0 aliphatic rings. The number of aliphatic hydroxyl groups excluding tert-OH is 1. The molecule has 5 heteroatoms.